The summed E-state index contributed by atoms with van der Waals surface area (Å²) < 4.78 is 27.8. The van der Waals surface area contributed by atoms with Crippen LogP contribution in [0, 0.1) is 6.92 Å². The van der Waals surface area contributed by atoms with Crippen LogP contribution < -0.4 is 9.62 Å². The van der Waals surface area contributed by atoms with Crippen molar-refractivity contribution in [1.82, 2.24) is 4.98 Å². The molecule has 146 valence electrons. The highest BCUT2D eigenvalue weighted by Crippen LogP contribution is 2.25. The molecule has 0 aliphatic rings. The van der Waals surface area contributed by atoms with Gasteiger partial charge in [0.25, 0.3) is 10.0 Å². The van der Waals surface area contributed by atoms with E-state index in [4.69, 9.17) is 0 Å². The Hall–Kier alpha value is -2.36. The van der Waals surface area contributed by atoms with Crippen LogP contribution in [-0.4, -0.2) is 32.1 Å². The lowest BCUT2D eigenvalue weighted by atomic mass is 10.3. The molecule has 1 heterocycles. The first-order valence-corrected chi connectivity index (χ1v) is 11.7. The smallest absolute Gasteiger partial charge is 0.264 e. The molecule has 6 nitrogen and oxygen atoms in total. The molecular weight excluding hydrogens is 414 g/mol. The molecule has 28 heavy (non-hydrogen) atoms. The number of nitrogens with zero attached hydrogens (tertiary/aromatic N) is 2. The van der Waals surface area contributed by atoms with E-state index in [2.05, 4.69) is 10.3 Å². The molecule has 0 radical (unpaired) electrons. The maximum Gasteiger partial charge on any atom is 0.264 e. The van der Waals surface area contributed by atoms with Gasteiger partial charge in [0, 0.05) is 23.8 Å². The van der Waals surface area contributed by atoms with Crippen LogP contribution >= 0.6 is 23.1 Å². The minimum atomic E-state index is -3.73. The summed E-state index contributed by atoms with van der Waals surface area (Å²) in [4.78, 5) is 16.6. The molecule has 0 fully saturated rings. The molecule has 2 aromatic carbocycles. The van der Waals surface area contributed by atoms with Crippen LogP contribution in [-0.2, 0) is 14.8 Å². The zero-order valence-electron chi connectivity index (χ0n) is 15.3. The second-order valence-corrected chi connectivity index (χ2v) is 9.98. The molecule has 1 N–H and O–H groups in total. The van der Waals surface area contributed by atoms with Gasteiger partial charge in [-0.1, -0.05) is 36.0 Å². The molecule has 0 atom stereocenters. The van der Waals surface area contributed by atoms with E-state index >= 15 is 0 Å². The zero-order chi connectivity index (χ0) is 20.1. The number of carbonyl (C=O) groups excluding carboxylic acids is 1. The van der Waals surface area contributed by atoms with E-state index in [1.54, 1.807) is 36.4 Å². The number of sulfonamides is 1. The predicted molar refractivity (Wildman–Crippen MR) is 115 cm³/mol. The van der Waals surface area contributed by atoms with E-state index in [-0.39, 0.29) is 16.6 Å². The van der Waals surface area contributed by atoms with E-state index in [0.717, 1.165) is 10.0 Å². The predicted octanol–water partition coefficient (Wildman–Crippen LogP) is 4.01. The first-order valence-electron chi connectivity index (χ1n) is 8.35. The van der Waals surface area contributed by atoms with Gasteiger partial charge in [0.1, 0.15) is 0 Å². The first kappa shape index (κ1) is 20.4. The van der Waals surface area contributed by atoms with E-state index in [9.17, 15) is 13.2 Å². The third-order valence-electron chi connectivity index (χ3n) is 3.82. The van der Waals surface area contributed by atoms with Gasteiger partial charge in [0.05, 0.1) is 16.3 Å². The Bertz CT molecular complexity index is 1070. The number of thioether (sulfide) groups is 1. The molecule has 9 heteroatoms. The summed E-state index contributed by atoms with van der Waals surface area (Å²) in [5.74, 6) is -0.0165. The van der Waals surface area contributed by atoms with Gasteiger partial charge in [-0.15, -0.1) is 11.3 Å². The van der Waals surface area contributed by atoms with Gasteiger partial charge in [0.2, 0.25) is 5.91 Å². The second-order valence-electron chi connectivity index (χ2n) is 5.93. The molecule has 3 aromatic rings. The summed E-state index contributed by atoms with van der Waals surface area (Å²) in [5.41, 5.74) is 1.92. The first-order chi connectivity index (χ1) is 13.4. The van der Waals surface area contributed by atoms with Gasteiger partial charge in [-0.3, -0.25) is 9.10 Å². The van der Waals surface area contributed by atoms with E-state index in [0.29, 0.717) is 11.4 Å². The van der Waals surface area contributed by atoms with Crippen LogP contribution in [0.4, 0.5) is 11.4 Å². The lowest BCUT2D eigenvalue weighted by Gasteiger charge is -2.19. The van der Waals surface area contributed by atoms with Crippen molar-refractivity contribution < 1.29 is 13.2 Å². The maximum absolute atomic E-state index is 12.9. The summed E-state index contributed by atoms with van der Waals surface area (Å²) in [7, 11) is -2.23. The van der Waals surface area contributed by atoms with Crippen molar-refractivity contribution in [1.29, 1.82) is 0 Å². The molecule has 0 aliphatic heterocycles. The van der Waals surface area contributed by atoms with Crippen LogP contribution in [0.2, 0.25) is 0 Å². The number of aryl methyl sites for hydroxylation is 1. The van der Waals surface area contributed by atoms with Crippen molar-refractivity contribution in [2.24, 2.45) is 0 Å². The SMILES string of the molecule is Cc1csc(SCC(=O)Nc2cccc(S(=O)(=O)N(C)c3ccccc3)c2)n1. The summed E-state index contributed by atoms with van der Waals surface area (Å²) in [6.45, 7) is 1.90. The van der Waals surface area contributed by atoms with Crippen molar-refractivity contribution >= 4 is 50.4 Å². The molecule has 0 bridgehead atoms. The Kier molecular flexibility index (Phi) is 6.38. The van der Waals surface area contributed by atoms with Crippen LogP contribution in [0.5, 0.6) is 0 Å². The Morgan fingerprint density at radius 3 is 2.61 bits per heavy atom. The second kappa shape index (κ2) is 8.76. The molecule has 0 spiro atoms. The molecule has 0 aliphatic carbocycles. The largest absolute Gasteiger partial charge is 0.325 e. The highest BCUT2D eigenvalue weighted by Gasteiger charge is 2.21. The molecule has 1 aromatic heterocycles. The molecule has 3 rings (SSSR count). The fraction of sp³-hybridized carbons (Fsp3) is 0.158. The number of hydrogen-bond acceptors (Lipinski definition) is 6. The Balaban J connectivity index is 1.70. The van der Waals surface area contributed by atoms with Crippen LogP contribution in [0.25, 0.3) is 0 Å². The van der Waals surface area contributed by atoms with Gasteiger partial charge in [-0.25, -0.2) is 13.4 Å². The molecule has 1 amide bonds. The van der Waals surface area contributed by atoms with Crippen molar-refractivity contribution in [2.45, 2.75) is 16.2 Å². The Labute approximate surface area is 172 Å². The lowest BCUT2D eigenvalue weighted by Crippen LogP contribution is -2.26. The van der Waals surface area contributed by atoms with Crippen LogP contribution in [0.3, 0.4) is 0 Å². The average Bonchev–Trinajstić information content (AvgIpc) is 3.12. The fourth-order valence-corrected chi connectivity index (χ4v) is 5.28. The summed E-state index contributed by atoms with van der Waals surface area (Å²) in [6, 6.07) is 15.1. The maximum atomic E-state index is 12.9. The third kappa shape index (κ3) is 4.92. The number of para-hydroxylation sites is 1. The highest BCUT2D eigenvalue weighted by molar-refractivity contribution is 8.01. The number of amides is 1. The van der Waals surface area contributed by atoms with E-state index < -0.39 is 10.0 Å². The quantitative estimate of drug-likeness (QED) is 0.570. The molecule has 0 unspecified atom stereocenters. The van der Waals surface area contributed by atoms with Gasteiger partial charge in [-0.05, 0) is 37.3 Å². The van der Waals surface area contributed by atoms with Crippen LogP contribution in [0.1, 0.15) is 5.69 Å². The van der Waals surface area contributed by atoms with Crippen molar-refractivity contribution in [3.05, 3.63) is 65.7 Å². The highest BCUT2D eigenvalue weighted by atomic mass is 32.2. The molecule has 0 saturated carbocycles. The van der Waals surface area contributed by atoms with E-state index in [1.807, 2.05) is 18.4 Å². The van der Waals surface area contributed by atoms with Gasteiger partial charge >= 0.3 is 0 Å². The number of aromatic nitrogens is 1. The number of hydrogen-bond donors (Lipinski definition) is 1. The summed E-state index contributed by atoms with van der Waals surface area (Å²) >= 11 is 2.84. The average molecular weight is 434 g/mol. The number of benzene rings is 2. The van der Waals surface area contributed by atoms with E-state index in [1.165, 1.54) is 46.6 Å². The monoisotopic (exact) mass is 433 g/mol. The standard InChI is InChI=1S/C19H19N3O3S3/c1-14-12-26-19(20-14)27-13-18(23)21-15-7-6-10-17(11-15)28(24,25)22(2)16-8-4-3-5-9-16/h3-12H,13H2,1-2H3,(H,21,23). The van der Waals surface area contributed by atoms with Crippen molar-refractivity contribution in [3.63, 3.8) is 0 Å². The van der Waals surface area contributed by atoms with Gasteiger partial charge < -0.3 is 5.32 Å². The van der Waals surface area contributed by atoms with Crippen LogP contribution in [0.15, 0.2) is 69.2 Å². The Morgan fingerprint density at radius 2 is 1.93 bits per heavy atom. The molecule has 0 saturated heterocycles. The number of carbonyl (C=O) groups is 1. The Morgan fingerprint density at radius 1 is 1.18 bits per heavy atom. The van der Waals surface area contributed by atoms with Crippen molar-refractivity contribution in [2.75, 3.05) is 22.4 Å². The minimum Gasteiger partial charge on any atom is -0.325 e. The topological polar surface area (TPSA) is 79.4 Å². The summed E-state index contributed by atoms with van der Waals surface area (Å²) in [6.07, 6.45) is 0. The lowest BCUT2D eigenvalue weighted by molar-refractivity contribution is -0.113. The number of thiazole rings is 1. The number of anilines is 2. The van der Waals surface area contributed by atoms with Gasteiger partial charge in [-0.2, -0.15) is 0 Å². The third-order valence-corrected chi connectivity index (χ3v) is 7.74. The summed E-state index contributed by atoms with van der Waals surface area (Å²) in [5, 5.41) is 4.67. The molecular formula is C19H19N3O3S3. The minimum absolute atomic E-state index is 0.111. The van der Waals surface area contributed by atoms with Crippen molar-refractivity contribution in [3.8, 4) is 0 Å². The fourth-order valence-electron chi connectivity index (χ4n) is 2.39. The van der Waals surface area contributed by atoms with Gasteiger partial charge in [0.15, 0.2) is 4.34 Å². The normalized spacial score (nSPS) is 11.2. The number of rotatable bonds is 7. The number of nitrogens with one attached hydrogen (secondary N) is 1. The zero-order valence-corrected chi connectivity index (χ0v) is 17.8.